The molecule has 0 saturated carbocycles. The molecule has 0 aliphatic carbocycles. The highest BCUT2D eigenvalue weighted by Crippen LogP contribution is 2.25. The van der Waals surface area contributed by atoms with Crippen LogP contribution in [0.15, 0.2) is 66.7 Å². The fraction of sp³-hybridized carbons (Fsp3) is 0.259. The molecule has 0 bridgehead atoms. The van der Waals surface area contributed by atoms with Crippen LogP contribution in [-0.2, 0) is 20.2 Å². The van der Waals surface area contributed by atoms with Crippen molar-refractivity contribution in [3.63, 3.8) is 0 Å². The van der Waals surface area contributed by atoms with Gasteiger partial charge in [-0.05, 0) is 60.4 Å². The van der Waals surface area contributed by atoms with E-state index in [9.17, 15) is 26.8 Å². The molecule has 2 N–H and O–H groups in total. The quantitative estimate of drug-likeness (QED) is 0.434. The summed E-state index contributed by atoms with van der Waals surface area (Å²) in [5, 5.41) is 5.37. The predicted octanol–water partition coefficient (Wildman–Crippen LogP) is 5.31. The number of rotatable bonds is 7. The number of hydrogen-bond donors (Lipinski definition) is 2. The number of halogens is 2. The monoisotopic (exact) mass is 529 g/mol. The standard InChI is InChI=1S/C27H29F2N3O4S/c1-17(32(37(5,35)36)22-13-14-23(28)24(29)16-22)25(33)30-20-7-6-8-21(15-20)31-26(34)18-9-11-19(12-10-18)27(2,3)4/h6-17H,1-5H3,(H,30,33)(H,31,34)/t17-/m1/s1. The summed E-state index contributed by atoms with van der Waals surface area (Å²) >= 11 is 0. The van der Waals surface area contributed by atoms with Crippen molar-refractivity contribution in [2.24, 2.45) is 0 Å². The van der Waals surface area contributed by atoms with E-state index < -0.39 is 33.6 Å². The number of amides is 2. The van der Waals surface area contributed by atoms with Gasteiger partial charge in [-0.1, -0.05) is 39.0 Å². The van der Waals surface area contributed by atoms with Gasteiger partial charge in [0.2, 0.25) is 15.9 Å². The number of hydrogen-bond acceptors (Lipinski definition) is 4. The first-order valence-corrected chi connectivity index (χ1v) is 13.3. The number of carbonyl (C=O) groups is 2. The van der Waals surface area contributed by atoms with Gasteiger partial charge < -0.3 is 10.6 Å². The molecule has 0 aromatic heterocycles. The van der Waals surface area contributed by atoms with Gasteiger partial charge in [0.25, 0.3) is 5.91 Å². The second-order valence-electron chi connectivity index (χ2n) is 9.68. The van der Waals surface area contributed by atoms with E-state index >= 15 is 0 Å². The van der Waals surface area contributed by atoms with E-state index in [-0.39, 0.29) is 17.0 Å². The maximum atomic E-state index is 13.8. The summed E-state index contributed by atoms with van der Waals surface area (Å²) in [6.45, 7) is 7.56. The van der Waals surface area contributed by atoms with Crippen molar-refractivity contribution in [2.75, 3.05) is 21.2 Å². The van der Waals surface area contributed by atoms with Crippen molar-refractivity contribution < 1.29 is 26.8 Å². The Kier molecular flexibility index (Phi) is 8.02. The molecular formula is C27H29F2N3O4S. The lowest BCUT2D eigenvalue weighted by Gasteiger charge is -2.28. The van der Waals surface area contributed by atoms with Crippen LogP contribution in [0.5, 0.6) is 0 Å². The lowest BCUT2D eigenvalue weighted by molar-refractivity contribution is -0.116. The Morgan fingerprint density at radius 1 is 0.865 bits per heavy atom. The van der Waals surface area contributed by atoms with Crippen molar-refractivity contribution in [1.82, 2.24) is 0 Å². The first-order valence-electron chi connectivity index (χ1n) is 11.4. The second kappa shape index (κ2) is 10.7. The molecule has 0 saturated heterocycles. The molecule has 2 amide bonds. The molecule has 0 heterocycles. The lowest BCUT2D eigenvalue weighted by Crippen LogP contribution is -2.45. The molecule has 7 nitrogen and oxygen atoms in total. The van der Waals surface area contributed by atoms with Crippen LogP contribution in [0.1, 0.15) is 43.6 Å². The van der Waals surface area contributed by atoms with Crippen LogP contribution in [-0.4, -0.2) is 32.5 Å². The van der Waals surface area contributed by atoms with Crippen LogP contribution in [0.4, 0.5) is 25.8 Å². The molecule has 0 spiro atoms. The average molecular weight is 530 g/mol. The summed E-state index contributed by atoms with van der Waals surface area (Å²) in [5.74, 6) is -3.43. The summed E-state index contributed by atoms with van der Waals surface area (Å²) in [6, 6.07) is 14.9. The van der Waals surface area contributed by atoms with Gasteiger partial charge in [0, 0.05) is 23.0 Å². The summed E-state index contributed by atoms with van der Waals surface area (Å²) < 4.78 is 52.6. The summed E-state index contributed by atoms with van der Waals surface area (Å²) in [6.07, 6.45) is 0.863. The zero-order valence-corrected chi connectivity index (χ0v) is 22.0. The number of nitrogens with zero attached hydrogens (tertiary/aromatic N) is 1. The summed E-state index contributed by atoms with van der Waals surface area (Å²) in [5.41, 5.74) is 2.03. The van der Waals surface area contributed by atoms with E-state index in [1.165, 1.54) is 13.0 Å². The molecule has 0 unspecified atom stereocenters. The molecule has 10 heteroatoms. The molecule has 1 atom stereocenters. The van der Waals surface area contributed by atoms with Crippen molar-refractivity contribution in [1.29, 1.82) is 0 Å². The summed E-state index contributed by atoms with van der Waals surface area (Å²) in [7, 11) is -4.02. The highest BCUT2D eigenvalue weighted by molar-refractivity contribution is 7.92. The second-order valence-corrected chi connectivity index (χ2v) is 11.5. The van der Waals surface area contributed by atoms with Crippen LogP contribution in [0.3, 0.4) is 0 Å². The normalized spacial score (nSPS) is 12.5. The molecular weight excluding hydrogens is 500 g/mol. The smallest absolute Gasteiger partial charge is 0.255 e. The van der Waals surface area contributed by atoms with E-state index in [1.54, 1.807) is 30.3 Å². The highest BCUT2D eigenvalue weighted by atomic mass is 32.2. The number of carbonyl (C=O) groups excluding carboxylic acids is 2. The Labute approximate surface area is 215 Å². The van der Waals surface area contributed by atoms with Crippen molar-refractivity contribution >= 4 is 38.9 Å². The van der Waals surface area contributed by atoms with E-state index in [1.807, 2.05) is 12.1 Å². The minimum Gasteiger partial charge on any atom is -0.324 e. The number of anilines is 3. The third-order valence-corrected chi connectivity index (χ3v) is 6.89. The maximum absolute atomic E-state index is 13.8. The Morgan fingerprint density at radius 2 is 1.46 bits per heavy atom. The Hall–Kier alpha value is -3.79. The molecule has 37 heavy (non-hydrogen) atoms. The molecule has 0 aliphatic rings. The molecule has 196 valence electrons. The Morgan fingerprint density at radius 3 is 2.00 bits per heavy atom. The van der Waals surface area contributed by atoms with Crippen LogP contribution >= 0.6 is 0 Å². The third kappa shape index (κ3) is 6.91. The first-order chi connectivity index (χ1) is 17.2. The minimum atomic E-state index is -4.02. The Balaban J connectivity index is 1.75. The molecule has 3 aromatic carbocycles. The fourth-order valence-electron chi connectivity index (χ4n) is 3.68. The third-order valence-electron chi connectivity index (χ3n) is 5.65. The highest BCUT2D eigenvalue weighted by Gasteiger charge is 2.30. The van der Waals surface area contributed by atoms with Gasteiger partial charge in [0.05, 0.1) is 11.9 Å². The van der Waals surface area contributed by atoms with Gasteiger partial charge in [0.1, 0.15) is 6.04 Å². The van der Waals surface area contributed by atoms with Gasteiger partial charge in [-0.15, -0.1) is 0 Å². The van der Waals surface area contributed by atoms with E-state index in [4.69, 9.17) is 0 Å². The number of sulfonamides is 1. The maximum Gasteiger partial charge on any atom is 0.255 e. The van der Waals surface area contributed by atoms with Gasteiger partial charge >= 0.3 is 0 Å². The number of nitrogens with one attached hydrogen (secondary N) is 2. The summed E-state index contributed by atoms with van der Waals surface area (Å²) in [4.78, 5) is 25.6. The van der Waals surface area contributed by atoms with Crippen molar-refractivity contribution in [3.8, 4) is 0 Å². The molecule has 0 aliphatic heterocycles. The molecule has 0 radical (unpaired) electrons. The van der Waals surface area contributed by atoms with Gasteiger partial charge in [-0.25, -0.2) is 17.2 Å². The van der Waals surface area contributed by atoms with Crippen LogP contribution in [0.2, 0.25) is 0 Å². The van der Waals surface area contributed by atoms with Crippen LogP contribution < -0.4 is 14.9 Å². The van der Waals surface area contributed by atoms with Gasteiger partial charge in [0.15, 0.2) is 11.6 Å². The van der Waals surface area contributed by atoms with Crippen molar-refractivity contribution in [2.45, 2.75) is 39.2 Å². The fourth-order valence-corrected chi connectivity index (χ4v) is 4.84. The van der Waals surface area contributed by atoms with Crippen LogP contribution in [0, 0.1) is 11.6 Å². The molecule has 0 fully saturated rings. The molecule has 3 aromatic rings. The minimum absolute atomic E-state index is 0.0454. The zero-order chi connectivity index (χ0) is 27.5. The number of benzene rings is 3. The average Bonchev–Trinajstić information content (AvgIpc) is 2.80. The van der Waals surface area contributed by atoms with E-state index in [0.717, 1.165) is 24.0 Å². The topological polar surface area (TPSA) is 95.6 Å². The lowest BCUT2D eigenvalue weighted by atomic mass is 9.87. The largest absolute Gasteiger partial charge is 0.324 e. The predicted molar refractivity (Wildman–Crippen MR) is 141 cm³/mol. The van der Waals surface area contributed by atoms with Crippen LogP contribution in [0.25, 0.3) is 0 Å². The first kappa shape index (κ1) is 27.8. The van der Waals surface area contributed by atoms with Crippen molar-refractivity contribution in [3.05, 3.63) is 89.5 Å². The molecule has 3 rings (SSSR count). The zero-order valence-electron chi connectivity index (χ0n) is 21.2. The van der Waals surface area contributed by atoms with E-state index in [2.05, 4.69) is 31.4 Å². The van der Waals surface area contributed by atoms with E-state index in [0.29, 0.717) is 27.3 Å². The SMILES string of the molecule is C[C@H](C(=O)Nc1cccc(NC(=O)c2ccc(C(C)(C)C)cc2)c1)N(c1ccc(F)c(F)c1)S(C)(=O)=O. The van der Waals surface area contributed by atoms with Gasteiger partial charge in [-0.3, -0.25) is 13.9 Å². The Bertz CT molecular complexity index is 1420. The van der Waals surface area contributed by atoms with Gasteiger partial charge in [-0.2, -0.15) is 0 Å².